The summed E-state index contributed by atoms with van der Waals surface area (Å²) in [6.07, 6.45) is 5.69. The molecule has 1 aromatic carbocycles. The van der Waals surface area contributed by atoms with Gasteiger partial charge in [0, 0.05) is 24.3 Å². The normalized spacial score (nSPS) is 22.4. The van der Waals surface area contributed by atoms with E-state index in [1.165, 1.54) is 0 Å². The Kier molecular flexibility index (Phi) is 6.22. The predicted octanol–water partition coefficient (Wildman–Crippen LogP) is 3.08. The second kappa shape index (κ2) is 8.42. The molecule has 0 saturated carbocycles. The van der Waals surface area contributed by atoms with Crippen LogP contribution in [0.3, 0.4) is 0 Å². The summed E-state index contributed by atoms with van der Waals surface area (Å²) in [5.74, 6) is 1.54. The highest BCUT2D eigenvalue weighted by Crippen LogP contribution is 2.27. The first-order chi connectivity index (χ1) is 12.2. The molecule has 2 aromatic rings. The quantitative estimate of drug-likeness (QED) is 0.869. The Morgan fingerprint density at radius 2 is 1.88 bits per heavy atom. The summed E-state index contributed by atoms with van der Waals surface area (Å²) >= 11 is 6.21. The fraction of sp³-hybridized carbons (Fsp3) is 0.474. The molecular formula is C19H24Cl2N4O. The van der Waals surface area contributed by atoms with Gasteiger partial charge in [-0.05, 0) is 49.4 Å². The van der Waals surface area contributed by atoms with E-state index in [2.05, 4.69) is 10.4 Å². The Bertz CT molecular complexity index is 750. The van der Waals surface area contributed by atoms with Crippen LogP contribution < -0.4 is 5.32 Å². The molecule has 0 radical (unpaired) electrons. The van der Waals surface area contributed by atoms with Gasteiger partial charge in [-0.2, -0.15) is 5.10 Å². The van der Waals surface area contributed by atoms with Crippen LogP contribution >= 0.6 is 24.0 Å². The first-order valence-corrected chi connectivity index (χ1v) is 9.34. The number of nitrogens with zero attached hydrogens (tertiary/aromatic N) is 3. The Morgan fingerprint density at radius 3 is 2.58 bits per heavy atom. The van der Waals surface area contributed by atoms with Crippen LogP contribution in [-0.2, 0) is 6.54 Å². The number of hydrogen-bond donors (Lipinski definition) is 1. The maximum atomic E-state index is 12.8. The number of nitrogens with one attached hydrogen (secondary N) is 1. The van der Waals surface area contributed by atoms with Crippen molar-refractivity contribution in [1.82, 2.24) is 20.0 Å². The van der Waals surface area contributed by atoms with Gasteiger partial charge in [-0.1, -0.05) is 29.8 Å². The van der Waals surface area contributed by atoms with E-state index in [0.29, 0.717) is 12.1 Å². The van der Waals surface area contributed by atoms with Gasteiger partial charge in [0.1, 0.15) is 0 Å². The molecular weight excluding hydrogens is 371 g/mol. The van der Waals surface area contributed by atoms with E-state index in [9.17, 15) is 4.79 Å². The molecule has 5 nitrogen and oxygen atoms in total. The Balaban J connectivity index is 0.00000196. The fourth-order valence-corrected chi connectivity index (χ4v) is 4.16. The van der Waals surface area contributed by atoms with Gasteiger partial charge in [-0.3, -0.25) is 9.48 Å². The van der Waals surface area contributed by atoms with Gasteiger partial charge in [0.05, 0.1) is 18.3 Å². The van der Waals surface area contributed by atoms with Gasteiger partial charge in [0.2, 0.25) is 0 Å². The number of halogens is 2. The van der Waals surface area contributed by atoms with Crippen molar-refractivity contribution >= 4 is 29.9 Å². The number of carbonyl (C=O) groups excluding carboxylic acids is 1. The minimum atomic E-state index is 0. The first-order valence-electron chi connectivity index (χ1n) is 8.96. The Morgan fingerprint density at radius 1 is 1.19 bits per heavy atom. The SMILES string of the molecule is Cl.O=C(c1cnn(Cc2ccccc2Cl)c1)N1CC[C@@H]2CNC[C@@H]2CC1. The van der Waals surface area contributed by atoms with Crippen molar-refractivity contribution < 1.29 is 4.79 Å². The molecule has 0 bridgehead atoms. The molecule has 2 fully saturated rings. The van der Waals surface area contributed by atoms with E-state index in [1.807, 2.05) is 35.4 Å². The third-order valence-electron chi connectivity index (χ3n) is 5.48. The first kappa shape index (κ1) is 19.2. The molecule has 1 amide bonds. The maximum Gasteiger partial charge on any atom is 0.257 e. The molecule has 26 heavy (non-hydrogen) atoms. The third kappa shape index (κ3) is 4.05. The molecule has 2 aliphatic rings. The van der Waals surface area contributed by atoms with Crippen LogP contribution in [0.4, 0.5) is 0 Å². The molecule has 3 heterocycles. The average Bonchev–Trinajstić information content (AvgIpc) is 3.22. The minimum Gasteiger partial charge on any atom is -0.339 e. The highest BCUT2D eigenvalue weighted by Gasteiger charge is 2.31. The summed E-state index contributed by atoms with van der Waals surface area (Å²) in [5.41, 5.74) is 1.67. The zero-order valence-electron chi connectivity index (χ0n) is 14.6. The molecule has 140 valence electrons. The van der Waals surface area contributed by atoms with Crippen LogP contribution in [0, 0.1) is 11.8 Å². The van der Waals surface area contributed by atoms with Crippen LogP contribution in [0.15, 0.2) is 36.7 Å². The van der Waals surface area contributed by atoms with E-state index >= 15 is 0 Å². The summed E-state index contributed by atoms with van der Waals surface area (Å²) in [7, 11) is 0. The number of amides is 1. The van der Waals surface area contributed by atoms with Crippen molar-refractivity contribution in [3.8, 4) is 0 Å². The van der Waals surface area contributed by atoms with Crippen molar-refractivity contribution in [2.45, 2.75) is 19.4 Å². The van der Waals surface area contributed by atoms with Crippen LogP contribution in [0.2, 0.25) is 5.02 Å². The Labute approximate surface area is 165 Å². The fourth-order valence-electron chi connectivity index (χ4n) is 3.97. The van der Waals surface area contributed by atoms with Gasteiger partial charge in [0.15, 0.2) is 0 Å². The van der Waals surface area contributed by atoms with Gasteiger partial charge in [-0.15, -0.1) is 12.4 Å². The van der Waals surface area contributed by atoms with Gasteiger partial charge < -0.3 is 10.2 Å². The Hall–Kier alpha value is -1.56. The van der Waals surface area contributed by atoms with Gasteiger partial charge in [0.25, 0.3) is 5.91 Å². The number of carbonyl (C=O) groups is 1. The molecule has 1 aromatic heterocycles. The van der Waals surface area contributed by atoms with E-state index in [1.54, 1.807) is 10.9 Å². The van der Waals surface area contributed by atoms with Gasteiger partial charge in [-0.25, -0.2) is 0 Å². The molecule has 2 aliphatic heterocycles. The minimum absolute atomic E-state index is 0. The van der Waals surface area contributed by atoms with E-state index < -0.39 is 0 Å². The maximum absolute atomic E-state index is 12.8. The lowest BCUT2D eigenvalue weighted by atomic mass is 9.92. The van der Waals surface area contributed by atoms with Crippen molar-refractivity contribution in [2.75, 3.05) is 26.2 Å². The second-order valence-corrected chi connectivity index (χ2v) is 7.47. The number of aromatic nitrogens is 2. The largest absolute Gasteiger partial charge is 0.339 e. The smallest absolute Gasteiger partial charge is 0.257 e. The lowest BCUT2D eigenvalue weighted by Gasteiger charge is -2.20. The summed E-state index contributed by atoms with van der Waals surface area (Å²) in [5, 5.41) is 8.54. The molecule has 2 saturated heterocycles. The summed E-state index contributed by atoms with van der Waals surface area (Å²) in [6, 6.07) is 7.72. The third-order valence-corrected chi connectivity index (χ3v) is 5.85. The predicted molar refractivity (Wildman–Crippen MR) is 105 cm³/mol. The van der Waals surface area contributed by atoms with Crippen molar-refractivity contribution in [3.05, 3.63) is 52.8 Å². The molecule has 2 atom stereocenters. The lowest BCUT2D eigenvalue weighted by molar-refractivity contribution is 0.0758. The highest BCUT2D eigenvalue weighted by atomic mass is 35.5. The number of benzene rings is 1. The lowest BCUT2D eigenvalue weighted by Crippen LogP contribution is -2.32. The summed E-state index contributed by atoms with van der Waals surface area (Å²) in [6.45, 7) is 4.46. The molecule has 4 rings (SSSR count). The van der Waals surface area contributed by atoms with Crippen molar-refractivity contribution in [3.63, 3.8) is 0 Å². The number of hydrogen-bond acceptors (Lipinski definition) is 3. The van der Waals surface area contributed by atoms with Gasteiger partial charge >= 0.3 is 0 Å². The topological polar surface area (TPSA) is 50.2 Å². The number of likely N-dealkylation sites (tertiary alicyclic amines) is 1. The van der Waals surface area contributed by atoms with Crippen molar-refractivity contribution in [2.24, 2.45) is 11.8 Å². The standard InChI is InChI=1S/C19H23ClN4O.ClH/c20-18-4-2-1-3-16(18)12-24-13-17(11-22-24)19(25)23-7-5-14-9-21-10-15(14)6-8-23;/h1-4,11,13-15,21H,5-10,12H2;1H/t14-,15+;. The van der Waals surface area contributed by atoms with E-state index in [0.717, 1.165) is 61.4 Å². The monoisotopic (exact) mass is 394 g/mol. The van der Waals surface area contributed by atoms with Crippen LogP contribution in [-0.4, -0.2) is 46.8 Å². The number of fused-ring (bicyclic) bond motifs is 1. The molecule has 0 aliphatic carbocycles. The summed E-state index contributed by atoms with van der Waals surface area (Å²) < 4.78 is 1.78. The van der Waals surface area contributed by atoms with Crippen molar-refractivity contribution in [1.29, 1.82) is 0 Å². The van der Waals surface area contributed by atoms with Crippen LogP contribution in [0.25, 0.3) is 0 Å². The van der Waals surface area contributed by atoms with Crippen LogP contribution in [0.1, 0.15) is 28.8 Å². The molecule has 0 spiro atoms. The zero-order valence-corrected chi connectivity index (χ0v) is 16.2. The second-order valence-electron chi connectivity index (χ2n) is 7.07. The zero-order chi connectivity index (χ0) is 17.2. The molecule has 1 N–H and O–H groups in total. The summed E-state index contributed by atoms with van der Waals surface area (Å²) in [4.78, 5) is 14.8. The van der Waals surface area contributed by atoms with E-state index in [4.69, 9.17) is 11.6 Å². The van der Waals surface area contributed by atoms with E-state index in [-0.39, 0.29) is 18.3 Å². The molecule has 0 unspecified atom stereocenters. The average molecular weight is 395 g/mol. The molecule has 7 heteroatoms. The van der Waals surface area contributed by atoms with Crippen LogP contribution in [0.5, 0.6) is 0 Å². The highest BCUT2D eigenvalue weighted by molar-refractivity contribution is 6.31. The number of rotatable bonds is 3.